The zero-order chi connectivity index (χ0) is 17.1. The van der Waals surface area contributed by atoms with E-state index in [2.05, 4.69) is 10.4 Å². The van der Waals surface area contributed by atoms with Crippen molar-refractivity contribution in [1.82, 2.24) is 15.1 Å². The van der Waals surface area contributed by atoms with Crippen LogP contribution < -0.4 is 5.32 Å². The molecule has 2 atom stereocenters. The molecule has 2 aromatic rings. The Morgan fingerprint density at radius 2 is 2.12 bits per heavy atom. The van der Waals surface area contributed by atoms with Crippen molar-refractivity contribution in [2.24, 2.45) is 5.92 Å². The highest BCUT2D eigenvalue weighted by Gasteiger charge is 2.21. The number of aromatic nitrogens is 2. The summed E-state index contributed by atoms with van der Waals surface area (Å²) in [5.74, 6) is -0.215. The van der Waals surface area contributed by atoms with Crippen LogP contribution in [0.3, 0.4) is 0 Å². The van der Waals surface area contributed by atoms with E-state index in [1.807, 2.05) is 6.92 Å². The van der Waals surface area contributed by atoms with Crippen LogP contribution in [-0.4, -0.2) is 33.4 Å². The monoisotopic (exact) mass is 331 g/mol. The quantitative estimate of drug-likeness (QED) is 0.905. The lowest BCUT2D eigenvalue weighted by atomic mass is 9.87. The van der Waals surface area contributed by atoms with Crippen LogP contribution in [0.25, 0.3) is 5.69 Å². The smallest absolute Gasteiger partial charge is 0.271 e. The maximum Gasteiger partial charge on any atom is 0.271 e. The number of aliphatic hydroxyl groups is 1. The van der Waals surface area contributed by atoms with Crippen LogP contribution in [0, 0.1) is 18.7 Å². The van der Waals surface area contributed by atoms with Gasteiger partial charge in [0.1, 0.15) is 5.82 Å². The number of carbonyl (C=O) groups is 1. The van der Waals surface area contributed by atoms with Crippen molar-refractivity contribution in [3.8, 4) is 5.69 Å². The highest BCUT2D eigenvalue weighted by molar-refractivity contribution is 5.92. The van der Waals surface area contributed by atoms with Gasteiger partial charge in [0, 0.05) is 12.2 Å². The van der Waals surface area contributed by atoms with Crippen molar-refractivity contribution < 1.29 is 14.3 Å². The fraction of sp³-hybridized carbons (Fsp3) is 0.444. The van der Waals surface area contributed by atoms with Crippen LogP contribution in [0.15, 0.2) is 30.3 Å². The van der Waals surface area contributed by atoms with Crippen molar-refractivity contribution in [2.75, 3.05) is 6.54 Å². The third-order valence-corrected chi connectivity index (χ3v) is 4.50. The van der Waals surface area contributed by atoms with Gasteiger partial charge in [0.05, 0.1) is 11.8 Å². The summed E-state index contributed by atoms with van der Waals surface area (Å²) < 4.78 is 14.7. The highest BCUT2D eigenvalue weighted by Crippen LogP contribution is 2.23. The molecule has 5 nitrogen and oxygen atoms in total. The lowest BCUT2D eigenvalue weighted by molar-refractivity contribution is 0.0870. The van der Waals surface area contributed by atoms with Crippen molar-refractivity contribution in [3.05, 3.63) is 47.5 Å². The summed E-state index contributed by atoms with van der Waals surface area (Å²) in [5.41, 5.74) is 1.86. The molecular formula is C18H22FN3O2. The molecule has 0 saturated heterocycles. The Kier molecular flexibility index (Phi) is 4.94. The van der Waals surface area contributed by atoms with Gasteiger partial charge in [-0.1, -0.05) is 6.42 Å². The second kappa shape index (κ2) is 7.13. The predicted octanol–water partition coefficient (Wildman–Crippen LogP) is 2.60. The summed E-state index contributed by atoms with van der Waals surface area (Å²) in [6.07, 6.45) is 3.37. The van der Waals surface area contributed by atoms with Gasteiger partial charge in [-0.3, -0.25) is 4.79 Å². The van der Waals surface area contributed by atoms with Gasteiger partial charge in [-0.25, -0.2) is 9.07 Å². The number of carbonyl (C=O) groups excluding carboxylic acids is 1. The van der Waals surface area contributed by atoms with E-state index in [1.54, 1.807) is 22.9 Å². The Balaban J connectivity index is 1.65. The summed E-state index contributed by atoms with van der Waals surface area (Å²) in [5, 5.41) is 16.9. The largest absolute Gasteiger partial charge is 0.393 e. The summed E-state index contributed by atoms with van der Waals surface area (Å²) >= 11 is 0. The van der Waals surface area contributed by atoms with Gasteiger partial charge in [0.15, 0.2) is 5.69 Å². The number of hydrogen-bond acceptors (Lipinski definition) is 3. The van der Waals surface area contributed by atoms with E-state index in [4.69, 9.17) is 0 Å². The Morgan fingerprint density at radius 3 is 2.83 bits per heavy atom. The highest BCUT2D eigenvalue weighted by atomic mass is 19.1. The molecule has 1 aromatic heterocycles. The third kappa shape index (κ3) is 3.82. The number of aryl methyl sites for hydroxylation is 1. The molecule has 3 rings (SSSR count). The molecular weight excluding hydrogens is 309 g/mol. The first kappa shape index (κ1) is 16.6. The third-order valence-electron chi connectivity index (χ3n) is 4.50. The number of hydrogen-bond donors (Lipinski definition) is 2. The summed E-state index contributed by atoms with van der Waals surface area (Å²) in [7, 11) is 0. The molecule has 6 heteroatoms. The second-order valence-electron chi connectivity index (χ2n) is 6.46. The Morgan fingerprint density at radius 1 is 1.38 bits per heavy atom. The molecule has 1 aromatic carbocycles. The van der Waals surface area contributed by atoms with E-state index in [-0.39, 0.29) is 17.8 Å². The number of amides is 1. The lowest BCUT2D eigenvalue weighted by Gasteiger charge is -2.25. The minimum atomic E-state index is -0.309. The van der Waals surface area contributed by atoms with E-state index in [1.165, 1.54) is 12.1 Å². The van der Waals surface area contributed by atoms with E-state index in [9.17, 15) is 14.3 Å². The van der Waals surface area contributed by atoms with Crippen LogP contribution in [0.5, 0.6) is 0 Å². The molecule has 1 amide bonds. The SMILES string of the molecule is Cc1cc(C(=O)NCC2CCCC(O)C2)nn1-c1ccc(F)cc1. The number of rotatable bonds is 4. The molecule has 1 fully saturated rings. The van der Waals surface area contributed by atoms with Gasteiger partial charge in [0.25, 0.3) is 5.91 Å². The Bertz CT molecular complexity index is 712. The van der Waals surface area contributed by atoms with Gasteiger partial charge in [-0.15, -0.1) is 0 Å². The number of halogens is 1. The molecule has 1 aliphatic carbocycles. The van der Waals surface area contributed by atoms with Crippen molar-refractivity contribution in [1.29, 1.82) is 0 Å². The topological polar surface area (TPSA) is 67.2 Å². The molecule has 2 unspecified atom stereocenters. The lowest BCUT2D eigenvalue weighted by Crippen LogP contribution is -2.33. The van der Waals surface area contributed by atoms with Gasteiger partial charge >= 0.3 is 0 Å². The first-order chi connectivity index (χ1) is 11.5. The molecule has 1 heterocycles. The molecule has 0 aliphatic heterocycles. The van der Waals surface area contributed by atoms with Crippen LogP contribution in [0.4, 0.5) is 4.39 Å². The second-order valence-corrected chi connectivity index (χ2v) is 6.46. The van der Waals surface area contributed by atoms with Crippen molar-refractivity contribution in [2.45, 2.75) is 38.7 Å². The summed E-state index contributed by atoms with van der Waals surface area (Å²) in [4.78, 5) is 12.3. The fourth-order valence-corrected chi connectivity index (χ4v) is 3.20. The standard InChI is InChI=1S/C18H22FN3O2/c1-12-9-17(21-22(12)15-7-5-14(19)6-8-15)18(24)20-11-13-3-2-4-16(23)10-13/h5-9,13,16,23H,2-4,10-11H2,1H3,(H,20,24). The molecule has 0 spiro atoms. The maximum absolute atomic E-state index is 13.0. The van der Waals surface area contributed by atoms with Crippen LogP contribution in [0.2, 0.25) is 0 Å². The average molecular weight is 331 g/mol. The molecule has 2 N–H and O–H groups in total. The molecule has 128 valence electrons. The molecule has 0 bridgehead atoms. The van der Waals surface area contributed by atoms with E-state index >= 15 is 0 Å². The molecule has 1 saturated carbocycles. The maximum atomic E-state index is 13.0. The fourth-order valence-electron chi connectivity index (χ4n) is 3.20. The predicted molar refractivity (Wildman–Crippen MR) is 88.6 cm³/mol. The summed E-state index contributed by atoms with van der Waals surface area (Å²) in [6.45, 7) is 2.41. The van der Waals surface area contributed by atoms with Gasteiger partial charge in [-0.2, -0.15) is 5.10 Å². The van der Waals surface area contributed by atoms with Crippen LogP contribution in [0.1, 0.15) is 41.9 Å². The number of nitrogens with zero attached hydrogens (tertiary/aromatic N) is 2. The number of aliphatic hydroxyl groups excluding tert-OH is 1. The van der Waals surface area contributed by atoms with E-state index < -0.39 is 0 Å². The minimum Gasteiger partial charge on any atom is -0.393 e. The Hall–Kier alpha value is -2.21. The van der Waals surface area contributed by atoms with E-state index in [0.717, 1.165) is 31.4 Å². The first-order valence-electron chi connectivity index (χ1n) is 8.32. The van der Waals surface area contributed by atoms with Crippen LogP contribution >= 0.6 is 0 Å². The normalized spacial score (nSPS) is 20.8. The van der Waals surface area contributed by atoms with Crippen molar-refractivity contribution >= 4 is 5.91 Å². The minimum absolute atomic E-state index is 0.223. The molecule has 24 heavy (non-hydrogen) atoms. The Labute approximate surface area is 140 Å². The number of nitrogens with one attached hydrogen (secondary N) is 1. The average Bonchev–Trinajstić information content (AvgIpc) is 2.95. The summed E-state index contributed by atoms with van der Waals surface area (Å²) in [6, 6.07) is 7.70. The van der Waals surface area contributed by atoms with Gasteiger partial charge < -0.3 is 10.4 Å². The zero-order valence-electron chi connectivity index (χ0n) is 13.7. The van der Waals surface area contributed by atoms with Crippen molar-refractivity contribution in [3.63, 3.8) is 0 Å². The number of benzene rings is 1. The van der Waals surface area contributed by atoms with Gasteiger partial charge in [-0.05, 0) is 62.4 Å². The first-order valence-corrected chi connectivity index (χ1v) is 8.32. The molecule has 1 aliphatic rings. The van der Waals surface area contributed by atoms with E-state index in [0.29, 0.717) is 23.8 Å². The van der Waals surface area contributed by atoms with Crippen LogP contribution in [-0.2, 0) is 0 Å². The van der Waals surface area contributed by atoms with Gasteiger partial charge in [0.2, 0.25) is 0 Å². The zero-order valence-corrected chi connectivity index (χ0v) is 13.7. The molecule has 0 radical (unpaired) electrons.